The Morgan fingerprint density at radius 2 is 1.87 bits per heavy atom. The lowest BCUT2D eigenvalue weighted by atomic mass is 9.91. The van der Waals surface area contributed by atoms with E-state index in [4.69, 9.17) is 11.6 Å². The van der Waals surface area contributed by atoms with Crippen LogP contribution in [0.25, 0.3) is 11.0 Å². The van der Waals surface area contributed by atoms with Gasteiger partial charge in [0.1, 0.15) is 11.5 Å². The molecule has 0 aliphatic carbocycles. The van der Waals surface area contributed by atoms with Gasteiger partial charge < -0.3 is 0 Å². The van der Waals surface area contributed by atoms with Gasteiger partial charge in [0.25, 0.3) is 0 Å². The molecule has 0 fully saturated rings. The Kier molecular flexibility index (Phi) is 2.35. The minimum Gasteiger partial charge on any atom is -0.232 e. The molecule has 2 heterocycles. The van der Waals surface area contributed by atoms with Crippen molar-refractivity contribution in [1.82, 2.24) is 15.0 Å². The van der Waals surface area contributed by atoms with Gasteiger partial charge in [-0.1, -0.05) is 32.4 Å². The average Bonchev–Trinajstić information content (AvgIpc) is 2.16. The molecule has 0 aliphatic rings. The highest BCUT2D eigenvalue weighted by Gasteiger charge is 2.16. The Morgan fingerprint density at radius 1 is 1.13 bits per heavy atom. The van der Waals surface area contributed by atoms with Gasteiger partial charge in [-0.25, -0.2) is 15.0 Å². The number of fused-ring (bicyclic) bond motifs is 1. The molecule has 0 amide bonds. The lowest BCUT2D eigenvalue weighted by Gasteiger charge is -2.17. The summed E-state index contributed by atoms with van der Waals surface area (Å²) in [5.74, 6) is 0. The van der Waals surface area contributed by atoms with Crippen LogP contribution in [0.2, 0.25) is 5.15 Å². The van der Waals surface area contributed by atoms with E-state index in [1.165, 1.54) is 6.33 Å². The minimum atomic E-state index is 0.0195. The van der Waals surface area contributed by atoms with Gasteiger partial charge in [-0.2, -0.15) is 0 Å². The summed E-state index contributed by atoms with van der Waals surface area (Å²) < 4.78 is 0. The molecule has 2 aromatic heterocycles. The predicted octanol–water partition coefficient (Wildman–Crippen LogP) is 2.98. The zero-order valence-corrected chi connectivity index (χ0v) is 9.71. The van der Waals surface area contributed by atoms with Crippen molar-refractivity contribution in [2.75, 3.05) is 0 Å². The van der Waals surface area contributed by atoms with Gasteiger partial charge in [0.15, 0.2) is 5.65 Å². The SMILES string of the molecule is CC(C)(C)c1ccc2c(Cl)ncnc2n1. The van der Waals surface area contributed by atoms with E-state index >= 15 is 0 Å². The van der Waals surface area contributed by atoms with Gasteiger partial charge in [-0.05, 0) is 12.1 Å². The molecule has 0 aliphatic heterocycles. The van der Waals surface area contributed by atoms with Crippen LogP contribution in [-0.4, -0.2) is 15.0 Å². The van der Waals surface area contributed by atoms with Crippen LogP contribution in [0.3, 0.4) is 0 Å². The first-order valence-electron chi connectivity index (χ1n) is 4.76. The van der Waals surface area contributed by atoms with Crippen molar-refractivity contribution in [1.29, 1.82) is 0 Å². The molecule has 4 heteroatoms. The van der Waals surface area contributed by atoms with E-state index in [0.717, 1.165) is 11.1 Å². The fourth-order valence-electron chi connectivity index (χ4n) is 1.33. The van der Waals surface area contributed by atoms with Gasteiger partial charge in [0, 0.05) is 11.1 Å². The van der Waals surface area contributed by atoms with Crippen molar-refractivity contribution >= 4 is 22.6 Å². The molecule has 78 valence electrons. The predicted molar refractivity (Wildman–Crippen MR) is 61.0 cm³/mol. The van der Waals surface area contributed by atoms with Crippen LogP contribution in [-0.2, 0) is 5.41 Å². The first-order valence-corrected chi connectivity index (χ1v) is 5.14. The van der Waals surface area contributed by atoms with Crippen LogP contribution in [0.4, 0.5) is 0 Å². The third kappa shape index (κ3) is 1.92. The summed E-state index contributed by atoms with van der Waals surface area (Å²) in [4.78, 5) is 12.5. The van der Waals surface area contributed by atoms with Crippen LogP contribution < -0.4 is 0 Å². The van der Waals surface area contributed by atoms with E-state index in [1.807, 2.05) is 12.1 Å². The molecule has 0 saturated carbocycles. The maximum atomic E-state index is 5.93. The number of halogens is 1. The molecule has 0 bridgehead atoms. The third-order valence-corrected chi connectivity index (χ3v) is 2.52. The van der Waals surface area contributed by atoms with Crippen LogP contribution in [0.15, 0.2) is 18.5 Å². The normalized spacial score (nSPS) is 12.0. The topological polar surface area (TPSA) is 38.7 Å². The van der Waals surface area contributed by atoms with Crippen molar-refractivity contribution in [2.24, 2.45) is 0 Å². The first kappa shape index (κ1) is 10.3. The molecule has 0 saturated heterocycles. The van der Waals surface area contributed by atoms with E-state index in [0.29, 0.717) is 10.8 Å². The highest BCUT2D eigenvalue weighted by atomic mass is 35.5. The lowest BCUT2D eigenvalue weighted by molar-refractivity contribution is 0.571. The summed E-state index contributed by atoms with van der Waals surface area (Å²) in [6.07, 6.45) is 1.43. The van der Waals surface area contributed by atoms with E-state index in [-0.39, 0.29) is 5.41 Å². The summed E-state index contributed by atoms with van der Waals surface area (Å²) in [6.45, 7) is 6.35. The van der Waals surface area contributed by atoms with Crippen molar-refractivity contribution in [3.8, 4) is 0 Å². The molecule has 0 atom stereocenters. The second kappa shape index (κ2) is 3.42. The molecule has 0 spiro atoms. The summed E-state index contributed by atoms with van der Waals surface area (Å²) >= 11 is 5.93. The van der Waals surface area contributed by atoms with E-state index in [2.05, 4.69) is 35.7 Å². The maximum Gasteiger partial charge on any atom is 0.164 e. The number of hydrogen-bond acceptors (Lipinski definition) is 3. The van der Waals surface area contributed by atoms with Crippen LogP contribution in [0.5, 0.6) is 0 Å². The molecular formula is C11H12ClN3. The number of nitrogens with zero attached hydrogens (tertiary/aromatic N) is 3. The highest BCUT2D eigenvalue weighted by molar-refractivity contribution is 6.33. The highest BCUT2D eigenvalue weighted by Crippen LogP contribution is 2.24. The van der Waals surface area contributed by atoms with Crippen molar-refractivity contribution in [2.45, 2.75) is 26.2 Å². The zero-order valence-electron chi connectivity index (χ0n) is 8.95. The minimum absolute atomic E-state index is 0.0195. The molecule has 3 nitrogen and oxygen atoms in total. The van der Waals surface area contributed by atoms with Gasteiger partial charge in [0.05, 0.1) is 5.39 Å². The third-order valence-electron chi connectivity index (χ3n) is 2.22. The standard InChI is InChI=1S/C11H12ClN3/c1-11(2,3)8-5-4-7-9(12)13-6-14-10(7)15-8/h4-6H,1-3H3. The fourth-order valence-corrected chi connectivity index (χ4v) is 1.52. The van der Waals surface area contributed by atoms with Crippen molar-refractivity contribution in [3.05, 3.63) is 29.3 Å². The monoisotopic (exact) mass is 221 g/mol. The smallest absolute Gasteiger partial charge is 0.164 e. The molecule has 15 heavy (non-hydrogen) atoms. The van der Waals surface area contributed by atoms with Gasteiger partial charge in [-0.15, -0.1) is 0 Å². The largest absolute Gasteiger partial charge is 0.232 e. The Balaban J connectivity index is 2.68. The number of aromatic nitrogens is 3. The number of hydrogen-bond donors (Lipinski definition) is 0. The Bertz CT molecular complexity index is 503. The Labute approximate surface area is 93.5 Å². The van der Waals surface area contributed by atoms with Crippen LogP contribution >= 0.6 is 11.6 Å². The second-order valence-corrected chi connectivity index (χ2v) is 4.84. The van der Waals surface area contributed by atoms with Crippen LogP contribution in [0, 0.1) is 0 Å². The molecule has 0 unspecified atom stereocenters. The Morgan fingerprint density at radius 3 is 2.53 bits per heavy atom. The summed E-state index contributed by atoms with van der Waals surface area (Å²) in [5, 5.41) is 1.25. The van der Waals surface area contributed by atoms with Gasteiger partial charge in [-0.3, -0.25) is 0 Å². The van der Waals surface area contributed by atoms with Crippen LogP contribution in [0.1, 0.15) is 26.5 Å². The van der Waals surface area contributed by atoms with Crippen molar-refractivity contribution in [3.63, 3.8) is 0 Å². The van der Waals surface area contributed by atoms with E-state index in [9.17, 15) is 0 Å². The van der Waals surface area contributed by atoms with Gasteiger partial charge >= 0.3 is 0 Å². The number of rotatable bonds is 0. The summed E-state index contributed by atoms with van der Waals surface area (Å²) in [6, 6.07) is 3.89. The van der Waals surface area contributed by atoms with Gasteiger partial charge in [0.2, 0.25) is 0 Å². The molecular weight excluding hydrogens is 210 g/mol. The second-order valence-electron chi connectivity index (χ2n) is 4.48. The summed E-state index contributed by atoms with van der Waals surface area (Å²) in [5.41, 5.74) is 1.68. The zero-order chi connectivity index (χ0) is 11.1. The van der Waals surface area contributed by atoms with E-state index < -0.39 is 0 Å². The number of pyridine rings is 1. The molecule has 2 rings (SSSR count). The lowest BCUT2D eigenvalue weighted by Crippen LogP contribution is -2.13. The fraction of sp³-hybridized carbons (Fsp3) is 0.364. The average molecular weight is 222 g/mol. The Hall–Kier alpha value is -1.22. The molecule has 0 radical (unpaired) electrons. The molecule has 0 aromatic carbocycles. The summed E-state index contributed by atoms with van der Waals surface area (Å²) in [7, 11) is 0. The van der Waals surface area contributed by atoms with Crippen molar-refractivity contribution < 1.29 is 0 Å². The first-order chi connectivity index (χ1) is 6.98. The van der Waals surface area contributed by atoms with E-state index in [1.54, 1.807) is 0 Å². The molecule has 2 aromatic rings. The molecule has 0 N–H and O–H groups in total. The maximum absolute atomic E-state index is 5.93. The quantitative estimate of drug-likeness (QED) is 0.642.